The van der Waals surface area contributed by atoms with Crippen LogP contribution in [0.15, 0.2) is 83.9 Å². The van der Waals surface area contributed by atoms with Crippen LogP contribution in [0.4, 0.5) is 0 Å². The van der Waals surface area contributed by atoms with Gasteiger partial charge in [0.25, 0.3) is 0 Å². The minimum atomic E-state index is -1.12. The van der Waals surface area contributed by atoms with Gasteiger partial charge in [-0.2, -0.15) is 0 Å². The molecule has 0 radical (unpaired) electrons. The van der Waals surface area contributed by atoms with Crippen molar-refractivity contribution in [3.63, 3.8) is 0 Å². The monoisotopic (exact) mass is 396 g/mol. The zero-order chi connectivity index (χ0) is 20.9. The Balaban J connectivity index is 1.70. The number of ketones is 1. The Morgan fingerprint density at radius 1 is 0.967 bits per heavy atom. The van der Waals surface area contributed by atoms with Crippen LogP contribution in [0.2, 0.25) is 0 Å². The number of Topliss-reactive ketones (excluding diaryl/α,β-unsaturated/α-hetero) is 1. The van der Waals surface area contributed by atoms with Crippen molar-refractivity contribution in [1.82, 2.24) is 0 Å². The number of carbonyl (C=O) groups excluding carboxylic acids is 1. The van der Waals surface area contributed by atoms with E-state index >= 15 is 0 Å². The fourth-order valence-corrected chi connectivity index (χ4v) is 4.88. The summed E-state index contributed by atoms with van der Waals surface area (Å²) in [5, 5.41) is 9.50. The van der Waals surface area contributed by atoms with E-state index in [0.717, 1.165) is 34.2 Å². The first-order chi connectivity index (χ1) is 14.5. The number of rotatable bonds is 4. The summed E-state index contributed by atoms with van der Waals surface area (Å²) in [6, 6.07) is 25.5. The number of aliphatic imine (C=N–C) groups is 1. The van der Waals surface area contributed by atoms with Crippen molar-refractivity contribution in [1.29, 1.82) is 0 Å². The Bertz CT molecular complexity index is 1170. The van der Waals surface area contributed by atoms with Crippen molar-refractivity contribution in [2.75, 3.05) is 0 Å². The molecular formula is C26H24N2O2. The van der Waals surface area contributed by atoms with Crippen molar-refractivity contribution in [2.45, 2.75) is 25.5 Å². The predicted molar refractivity (Wildman–Crippen MR) is 118 cm³/mol. The number of hydrogen-bond donors (Lipinski definition) is 2. The van der Waals surface area contributed by atoms with E-state index in [4.69, 9.17) is 10.7 Å². The highest BCUT2D eigenvalue weighted by molar-refractivity contribution is 6.21. The van der Waals surface area contributed by atoms with Crippen molar-refractivity contribution in [2.24, 2.45) is 22.1 Å². The van der Waals surface area contributed by atoms with E-state index in [1.165, 1.54) is 0 Å². The van der Waals surface area contributed by atoms with E-state index in [2.05, 4.69) is 6.92 Å². The number of nitrogens with two attached hydrogens (primary N) is 1. The Labute approximate surface area is 176 Å². The van der Waals surface area contributed by atoms with E-state index in [0.29, 0.717) is 5.84 Å². The predicted octanol–water partition coefficient (Wildman–Crippen LogP) is 4.06. The Kier molecular flexibility index (Phi) is 4.16. The maximum Gasteiger partial charge on any atom is 0.183 e. The minimum Gasteiger partial charge on any atom is -0.392 e. The topological polar surface area (TPSA) is 75.7 Å². The molecule has 1 saturated carbocycles. The van der Waals surface area contributed by atoms with Gasteiger partial charge in [-0.05, 0) is 52.3 Å². The van der Waals surface area contributed by atoms with Gasteiger partial charge in [0.2, 0.25) is 0 Å². The second-order valence-corrected chi connectivity index (χ2v) is 8.42. The molecule has 3 atom stereocenters. The first kappa shape index (κ1) is 18.8. The van der Waals surface area contributed by atoms with Gasteiger partial charge in [-0.3, -0.25) is 4.79 Å². The highest BCUT2D eigenvalue weighted by Gasteiger charge is 2.70. The first-order valence-electron chi connectivity index (χ1n) is 10.3. The molecule has 1 aliphatic carbocycles. The molecule has 1 aliphatic heterocycles. The molecule has 3 aromatic carbocycles. The van der Waals surface area contributed by atoms with Crippen molar-refractivity contribution in [3.8, 4) is 11.1 Å². The third-order valence-electron chi connectivity index (χ3n) is 6.70. The number of benzene rings is 3. The second-order valence-electron chi connectivity index (χ2n) is 8.42. The fourth-order valence-electron chi connectivity index (χ4n) is 4.88. The fraction of sp³-hybridized carbons (Fsp3) is 0.231. The van der Waals surface area contributed by atoms with Gasteiger partial charge in [-0.25, -0.2) is 4.99 Å². The van der Waals surface area contributed by atoms with Crippen LogP contribution >= 0.6 is 0 Å². The zero-order valence-corrected chi connectivity index (χ0v) is 16.9. The van der Waals surface area contributed by atoms with Crippen LogP contribution in [-0.4, -0.2) is 16.7 Å². The van der Waals surface area contributed by atoms with Gasteiger partial charge in [0.15, 0.2) is 11.3 Å². The molecule has 1 heterocycles. The van der Waals surface area contributed by atoms with Crippen LogP contribution in [0.1, 0.15) is 30.0 Å². The Morgan fingerprint density at radius 3 is 2.23 bits per heavy atom. The molecule has 0 saturated heterocycles. The van der Waals surface area contributed by atoms with E-state index < -0.39 is 11.0 Å². The summed E-state index contributed by atoms with van der Waals surface area (Å²) in [7, 11) is 0. The van der Waals surface area contributed by atoms with E-state index in [-0.39, 0.29) is 18.3 Å². The summed E-state index contributed by atoms with van der Waals surface area (Å²) in [6.07, 6.45) is 0.758. The summed E-state index contributed by atoms with van der Waals surface area (Å²) in [6.45, 7) is 2.05. The normalized spacial score (nSPS) is 27.3. The number of aliphatic hydroxyl groups excluding tert-OH is 1. The highest BCUT2D eigenvalue weighted by Crippen LogP contribution is 2.61. The zero-order valence-electron chi connectivity index (χ0n) is 16.9. The molecule has 0 bridgehead atoms. The second kappa shape index (κ2) is 6.64. The SMILES string of the molecule is CC1CC12C(=O)C(c1ccccc1)(c1cccc(-c3cccc(CO)c3)c1)N=C2N. The van der Waals surface area contributed by atoms with Crippen molar-refractivity contribution >= 4 is 11.6 Å². The quantitative estimate of drug-likeness (QED) is 0.698. The van der Waals surface area contributed by atoms with Crippen LogP contribution < -0.4 is 5.73 Å². The van der Waals surface area contributed by atoms with Crippen LogP contribution in [0.3, 0.4) is 0 Å². The molecule has 2 aliphatic rings. The molecule has 3 aromatic rings. The average molecular weight is 396 g/mol. The maximum atomic E-state index is 14.0. The molecular weight excluding hydrogens is 372 g/mol. The van der Waals surface area contributed by atoms with Gasteiger partial charge in [0, 0.05) is 0 Å². The maximum absolute atomic E-state index is 14.0. The van der Waals surface area contributed by atoms with Crippen LogP contribution in [0.5, 0.6) is 0 Å². The summed E-state index contributed by atoms with van der Waals surface area (Å²) in [5.74, 6) is 0.743. The molecule has 1 spiro atoms. The highest BCUT2D eigenvalue weighted by atomic mass is 16.3. The minimum absolute atomic E-state index is 0.0127. The largest absolute Gasteiger partial charge is 0.392 e. The molecule has 4 nitrogen and oxygen atoms in total. The molecule has 4 heteroatoms. The van der Waals surface area contributed by atoms with Crippen LogP contribution in [0, 0.1) is 11.3 Å². The van der Waals surface area contributed by atoms with Gasteiger partial charge in [-0.15, -0.1) is 0 Å². The van der Waals surface area contributed by atoms with Gasteiger partial charge in [0.05, 0.1) is 12.0 Å². The van der Waals surface area contributed by atoms with Crippen LogP contribution in [0.25, 0.3) is 11.1 Å². The van der Waals surface area contributed by atoms with E-state index in [1.807, 2.05) is 78.9 Å². The number of aliphatic hydroxyl groups is 1. The molecule has 0 aromatic heterocycles. The Morgan fingerprint density at radius 2 is 1.60 bits per heavy atom. The lowest BCUT2D eigenvalue weighted by Crippen LogP contribution is -2.38. The van der Waals surface area contributed by atoms with Crippen molar-refractivity contribution in [3.05, 3.63) is 95.6 Å². The number of nitrogens with zero attached hydrogens (tertiary/aromatic N) is 1. The van der Waals surface area contributed by atoms with Gasteiger partial charge >= 0.3 is 0 Å². The Hall–Kier alpha value is -3.24. The lowest BCUT2D eigenvalue weighted by Gasteiger charge is -2.27. The molecule has 1 fully saturated rings. The number of hydrogen-bond acceptors (Lipinski definition) is 4. The van der Waals surface area contributed by atoms with Gasteiger partial charge in [0.1, 0.15) is 5.84 Å². The lowest BCUT2D eigenvalue weighted by atomic mass is 9.75. The van der Waals surface area contributed by atoms with Crippen molar-refractivity contribution < 1.29 is 9.90 Å². The summed E-state index contributed by atoms with van der Waals surface area (Å²) in [5.41, 5.74) is 9.11. The summed E-state index contributed by atoms with van der Waals surface area (Å²) < 4.78 is 0. The lowest BCUT2D eigenvalue weighted by molar-refractivity contribution is -0.125. The first-order valence-corrected chi connectivity index (χ1v) is 10.3. The number of amidine groups is 1. The summed E-state index contributed by atoms with van der Waals surface area (Å²) in [4.78, 5) is 18.8. The molecule has 3 unspecified atom stereocenters. The van der Waals surface area contributed by atoms with E-state index in [1.54, 1.807) is 0 Å². The van der Waals surface area contributed by atoms with Crippen LogP contribution in [-0.2, 0) is 16.9 Å². The molecule has 150 valence electrons. The van der Waals surface area contributed by atoms with Gasteiger partial charge < -0.3 is 10.8 Å². The molecule has 5 rings (SSSR count). The number of carbonyl (C=O) groups is 1. The smallest absolute Gasteiger partial charge is 0.183 e. The van der Waals surface area contributed by atoms with Gasteiger partial charge in [-0.1, -0.05) is 73.7 Å². The summed E-state index contributed by atoms with van der Waals surface area (Å²) >= 11 is 0. The van der Waals surface area contributed by atoms with E-state index in [9.17, 15) is 9.90 Å². The third kappa shape index (κ3) is 2.50. The average Bonchev–Trinajstić information content (AvgIpc) is 3.43. The molecule has 30 heavy (non-hydrogen) atoms. The molecule has 3 N–H and O–H groups in total. The standard InChI is InChI=1S/C26H24N2O2/c1-17-15-25(17)23(30)26(28-24(25)27,21-10-3-2-4-11-21)22-12-6-9-20(14-22)19-8-5-7-18(13-19)16-29/h2-14,17,29H,15-16H2,1H3,(H2,27,28). The third-order valence-corrected chi connectivity index (χ3v) is 6.70. The molecule has 0 amide bonds.